The molecule has 0 aromatic heterocycles. The van der Waals surface area contributed by atoms with Gasteiger partial charge in [0.2, 0.25) is 0 Å². The van der Waals surface area contributed by atoms with Crippen molar-refractivity contribution in [3.05, 3.63) is 11.1 Å². The van der Waals surface area contributed by atoms with Gasteiger partial charge in [0.05, 0.1) is 27.3 Å². The van der Waals surface area contributed by atoms with Crippen LogP contribution in [0.15, 0.2) is 11.1 Å². The van der Waals surface area contributed by atoms with Crippen LogP contribution in [0.1, 0.15) is 48.0 Å². The number of Topliss-reactive ketones (excluding diaryl/α,β-unsaturated/α-hetero) is 1. The molecule has 1 heterocycles. The molecule has 2 fully saturated rings. The molecule has 0 aromatic rings. The summed E-state index contributed by atoms with van der Waals surface area (Å²) in [6.45, 7) is 8.39. The summed E-state index contributed by atoms with van der Waals surface area (Å²) in [5.74, 6) is -2.30. The van der Waals surface area contributed by atoms with Gasteiger partial charge in [-0.15, -0.1) is 98.2 Å². The molecular weight excluding hydrogens is 1040 g/mol. The molecule has 0 spiro atoms. The van der Waals surface area contributed by atoms with Crippen molar-refractivity contribution in [1.82, 2.24) is 0 Å². The zero-order valence-electron chi connectivity index (χ0n) is 27.5. The van der Waals surface area contributed by atoms with Gasteiger partial charge in [0.1, 0.15) is 17.6 Å². The fourth-order valence-electron chi connectivity index (χ4n) is 6.68. The largest absolute Gasteiger partial charge is 0.461 e. The highest BCUT2D eigenvalue weighted by Crippen LogP contribution is 3.18. The van der Waals surface area contributed by atoms with E-state index in [9.17, 15) is 14.7 Å². The van der Waals surface area contributed by atoms with Crippen LogP contribution in [-0.2, 0) is 23.4 Å². The van der Waals surface area contributed by atoms with Gasteiger partial charge >= 0.3 is 5.97 Å². The Hall–Kier alpha value is 8.65. The summed E-state index contributed by atoms with van der Waals surface area (Å²) in [4.78, 5) is 28.7. The molecule has 1 saturated heterocycles. The molecule has 278 valence electrons. The topological polar surface area (TPSA) is 82.1 Å². The van der Waals surface area contributed by atoms with E-state index in [1.54, 1.807) is 0 Å². The number of fused-ring (bicyclic) bond motifs is 3. The van der Waals surface area contributed by atoms with E-state index in [-0.39, 0.29) is 12.3 Å². The third-order valence-electron chi connectivity index (χ3n) is 9.61. The number of aliphatic hydroxyl groups is 1. The van der Waals surface area contributed by atoms with Gasteiger partial charge in [-0.25, -0.2) is 0 Å². The maximum Gasteiger partial charge on any atom is 0.317 e. The molecule has 0 aromatic carbocycles. The molecule has 2 aliphatic carbocycles. The molecule has 0 radical (unpaired) electrons. The van der Waals surface area contributed by atoms with Crippen molar-refractivity contribution in [2.45, 2.75) is 71.9 Å². The van der Waals surface area contributed by atoms with E-state index in [4.69, 9.17) is 13.8 Å². The van der Waals surface area contributed by atoms with Crippen LogP contribution in [0.5, 0.6) is 0 Å². The summed E-state index contributed by atoms with van der Waals surface area (Å²) in [6, 6.07) is 0. The third kappa shape index (κ3) is 10.5. The lowest BCUT2D eigenvalue weighted by atomic mass is 9.49. The lowest BCUT2D eigenvalue weighted by Gasteiger charge is -2.57. The predicted octanol–water partition coefficient (Wildman–Crippen LogP) is 15.1. The highest BCUT2D eigenvalue weighted by molar-refractivity contribution is 9.19. The Balaban J connectivity index is 2.40. The quantitative estimate of drug-likeness (QED) is 0.0856. The number of hydrogen-bond donors (Lipinski definition) is 1. The average molecular weight is 1090 g/mol. The zero-order chi connectivity index (χ0) is 37.0. The number of ketones is 1. The van der Waals surface area contributed by atoms with Crippen molar-refractivity contribution < 1.29 is 28.5 Å². The summed E-state index contributed by atoms with van der Waals surface area (Å²) < 4.78 is 20.9. The van der Waals surface area contributed by atoms with Crippen LogP contribution < -0.4 is 0 Å². The van der Waals surface area contributed by atoms with Crippen molar-refractivity contribution in [1.29, 1.82) is 0 Å². The lowest BCUT2D eigenvalue weighted by molar-refractivity contribution is -0.171. The molecule has 3 aliphatic rings. The van der Waals surface area contributed by atoms with Crippen LogP contribution in [0, 0.1) is 22.7 Å². The molecular formula is C19H51O6P23. The van der Waals surface area contributed by atoms with Crippen molar-refractivity contribution in [3.8, 4) is 0 Å². The Kier molecular flexibility index (Phi) is 22.5. The van der Waals surface area contributed by atoms with Gasteiger partial charge in [-0.05, 0) is 65.8 Å². The molecule has 29 heteroatoms. The van der Waals surface area contributed by atoms with Crippen LogP contribution in [0.25, 0.3) is 0 Å². The van der Waals surface area contributed by atoms with Crippen molar-refractivity contribution in [2.75, 3.05) is 0 Å². The molecule has 2 bridgehead atoms. The molecule has 0 amide bonds. The van der Waals surface area contributed by atoms with Crippen LogP contribution in [0.4, 0.5) is 0 Å². The Morgan fingerprint density at radius 3 is 1.81 bits per heavy atom. The van der Waals surface area contributed by atoms with E-state index < -0.39 is 123 Å². The number of cyclic esters (lactones) is 1. The summed E-state index contributed by atoms with van der Waals surface area (Å²) in [6.07, 6.45) is -1.31. The molecule has 1 saturated carbocycles. The van der Waals surface area contributed by atoms with Gasteiger partial charge in [-0.2, -0.15) is 0 Å². The van der Waals surface area contributed by atoms with Crippen LogP contribution >= 0.6 is 186 Å². The monoisotopic (exact) mass is 1090 g/mol. The predicted molar refractivity (Wildman–Crippen MR) is 281 cm³/mol. The number of carbonyl (C=O) groups is 2. The van der Waals surface area contributed by atoms with E-state index in [1.165, 1.54) is 0 Å². The van der Waals surface area contributed by atoms with E-state index in [2.05, 4.69) is 121 Å². The Morgan fingerprint density at radius 2 is 1.38 bits per heavy atom. The first kappa shape index (κ1) is 51.0. The van der Waals surface area contributed by atoms with Gasteiger partial charge in [0.15, 0.2) is 5.78 Å². The molecule has 3 rings (SSSR count). The SMILES string of the molecule is CC1=C2C(OP(P(P)P)P(PP)P(P)P)C(C)[C@]3(C)C(C)OC(=O)C3C(=O)C(O)(CC1OP(P(P)P(P)P)P(P(P)P)P(P)P)C2(C)C. The summed E-state index contributed by atoms with van der Waals surface area (Å²) in [5.41, 5.74) is -1.67. The normalized spacial score (nSPS) is 35.2. The van der Waals surface area contributed by atoms with E-state index in [0.717, 1.165) is 11.1 Å². The fourth-order valence-corrected chi connectivity index (χ4v) is 169. The average Bonchev–Trinajstić information content (AvgIpc) is 3.19. The second-order valence-corrected chi connectivity index (χ2v) is 95.6. The standard InChI is InChI=1S/C19H51O6P23/c1-8-11(24-40(46(37)42(29)30)48(44(33)34)45(35)36)7-19(22)15(20)13-16(21)23-10(3)18(13,6)9(2)14(12(8)17(19,4)5)25-39(41(27)28)47(38-26)43(31)32/h9-11,13-14,22,38H,7,26-37H2,1-6H3/t9?,10?,11?,13?,14?,18-,19?,39?,40?,46?,47?/m1/s1. The molecule has 1 N–H and O–H groups in total. The second-order valence-electron chi connectivity index (χ2n) is 12.4. The minimum Gasteiger partial charge on any atom is -0.461 e. The Bertz CT molecular complexity index is 1210. The second kappa shape index (κ2) is 21.1. The molecule has 23 unspecified atom stereocenters. The van der Waals surface area contributed by atoms with Crippen LogP contribution in [0.2, 0.25) is 0 Å². The highest BCUT2D eigenvalue weighted by atomic mass is 33.2. The summed E-state index contributed by atoms with van der Waals surface area (Å²) in [5, 5.41) is 13.0. The summed E-state index contributed by atoms with van der Waals surface area (Å²) >= 11 is 0. The maximum atomic E-state index is 15.0. The van der Waals surface area contributed by atoms with Gasteiger partial charge in [0, 0.05) is 38.2 Å². The Morgan fingerprint density at radius 1 is 0.833 bits per heavy atom. The third-order valence-corrected chi connectivity index (χ3v) is 128. The maximum absolute atomic E-state index is 15.0. The zero-order valence-corrected chi connectivity index (χ0v) is 51.3. The van der Waals surface area contributed by atoms with Crippen molar-refractivity contribution in [3.63, 3.8) is 0 Å². The van der Waals surface area contributed by atoms with Gasteiger partial charge < -0.3 is 18.9 Å². The van der Waals surface area contributed by atoms with Gasteiger partial charge in [0.25, 0.3) is 0 Å². The van der Waals surface area contributed by atoms with Crippen LogP contribution in [0.3, 0.4) is 0 Å². The van der Waals surface area contributed by atoms with E-state index in [1.807, 2.05) is 27.7 Å². The number of rotatable bonds is 13. The molecule has 24 atom stereocenters. The van der Waals surface area contributed by atoms with Gasteiger partial charge in [-0.1, -0.05) is 44.6 Å². The highest BCUT2D eigenvalue weighted by Gasteiger charge is 2.70. The Labute approximate surface area is 329 Å². The van der Waals surface area contributed by atoms with E-state index in [0.29, 0.717) is 7.96 Å². The smallest absolute Gasteiger partial charge is 0.317 e. The van der Waals surface area contributed by atoms with Crippen LogP contribution in [-0.4, -0.2) is 40.8 Å². The number of hydrogen-bond acceptors (Lipinski definition) is 6. The minimum absolute atomic E-state index is 0.110. The molecule has 1 aliphatic heterocycles. The van der Waals surface area contributed by atoms with Crippen molar-refractivity contribution >= 4 is 198 Å². The van der Waals surface area contributed by atoms with Gasteiger partial charge in [-0.3, -0.25) is 9.59 Å². The number of esters is 1. The lowest BCUT2D eigenvalue weighted by Crippen LogP contribution is -2.66. The molecule has 6 nitrogen and oxygen atoms in total. The number of ether oxygens (including phenoxy) is 1. The summed E-state index contributed by atoms with van der Waals surface area (Å²) in [7, 11) is 35.5. The molecule has 48 heavy (non-hydrogen) atoms. The first-order valence-corrected chi connectivity index (χ1v) is 54.5. The van der Waals surface area contributed by atoms with E-state index >= 15 is 0 Å². The van der Waals surface area contributed by atoms with Crippen molar-refractivity contribution in [2.24, 2.45) is 22.7 Å². The first-order valence-electron chi connectivity index (χ1n) is 14.1. The number of carbonyl (C=O) groups excluding carboxylic acids is 2. The first-order chi connectivity index (χ1) is 21.9. The fraction of sp³-hybridized carbons (Fsp3) is 0.789. The minimum atomic E-state index is -1.85.